The smallest absolute Gasteiger partial charge is 0.242 e. The van der Waals surface area contributed by atoms with Gasteiger partial charge in [0.15, 0.2) is 5.82 Å². The molecule has 0 unspecified atom stereocenters. The van der Waals surface area contributed by atoms with Crippen molar-refractivity contribution in [3.63, 3.8) is 0 Å². The van der Waals surface area contributed by atoms with E-state index in [-0.39, 0.29) is 11.8 Å². The first-order chi connectivity index (χ1) is 10.7. The standard InChI is InChI=1S/C15H15N5O2/c1-10-17-15(22-18-10)11-6-19(7-11)14(21)8-20-9-16-12-4-2-3-5-13(12)20/h2-5,9,11H,6-8H2,1H3. The molecule has 7 heteroatoms. The van der Waals surface area contributed by atoms with Crippen molar-refractivity contribution < 1.29 is 9.32 Å². The average molecular weight is 297 g/mol. The van der Waals surface area contributed by atoms with Gasteiger partial charge >= 0.3 is 0 Å². The number of imidazole rings is 1. The molecule has 2 aromatic heterocycles. The Hall–Kier alpha value is -2.70. The van der Waals surface area contributed by atoms with E-state index in [0.717, 1.165) is 11.0 Å². The Kier molecular flexibility index (Phi) is 2.92. The Morgan fingerprint density at radius 2 is 2.18 bits per heavy atom. The third-order valence-electron chi connectivity index (χ3n) is 3.96. The first-order valence-electron chi connectivity index (χ1n) is 7.18. The van der Waals surface area contributed by atoms with Crippen LogP contribution in [0.1, 0.15) is 17.6 Å². The summed E-state index contributed by atoms with van der Waals surface area (Å²) < 4.78 is 7.02. The van der Waals surface area contributed by atoms with E-state index in [1.54, 1.807) is 18.2 Å². The van der Waals surface area contributed by atoms with Gasteiger partial charge in [-0.25, -0.2) is 4.98 Å². The molecule has 7 nitrogen and oxygen atoms in total. The van der Waals surface area contributed by atoms with E-state index in [1.165, 1.54) is 0 Å². The van der Waals surface area contributed by atoms with Crippen LogP contribution in [0.25, 0.3) is 11.0 Å². The topological polar surface area (TPSA) is 77.0 Å². The summed E-state index contributed by atoms with van der Waals surface area (Å²) >= 11 is 0. The van der Waals surface area contributed by atoms with Gasteiger partial charge in [-0.15, -0.1) is 0 Å². The van der Waals surface area contributed by atoms with Crippen LogP contribution in [0.4, 0.5) is 0 Å². The fourth-order valence-electron chi connectivity index (χ4n) is 2.70. The number of fused-ring (bicyclic) bond motifs is 1. The number of likely N-dealkylation sites (tertiary alicyclic amines) is 1. The Balaban J connectivity index is 1.42. The van der Waals surface area contributed by atoms with Crippen LogP contribution in [0.2, 0.25) is 0 Å². The van der Waals surface area contributed by atoms with Gasteiger partial charge in [0.25, 0.3) is 0 Å². The van der Waals surface area contributed by atoms with Crippen LogP contribution >= 0.6 is 0 Å². The van der Waals surface area contributed by atoms with E-state index >= 15 is 0 Å². The molecule has 1 aromatic carbocycles. The van der Waals surface area contributed by atoms with E-state index in [2.05, 4.69) is 15.1 Å². The maximum absolute atomic E-state index is 12.3. The Bertz CT molecular complexity index is 831. The lowest BCUT2D eigenvalue weighted by Gasteiger charge is -2.37. The molecule has 0 atom stereocenters. The summed E-state index contributed by atoms with van der Waals surface area (Å²) in [7, 11) is 0. The molecule has 3 aromatic rings. The number of benzene rings is 1. The zero-order valence-corrected chi connectivity index (χ0v) is 12.1. The molecule has 112 valence electrons. The van der Waals surface area contributed by atoms with Crippen molar-refractivity contribution in [1.82, 2.24) is 24.6 Å². The van der Waals surface area contributed by atoms with Crippen molar-refractivity contribution in [3.05, 3.63) is 42.3 Å². The molecular weight excluding hydrogens is 282 g/mol. The number of hydrogen-bond donors (Lipinski definition) is 0. The van der Waals surface area contributed by atoms with Crippen molar-refractivity contribution in [2.45, 2.75) is 19.4 Å². The molecule has 1 saturated heterocycles. The number of aromatic nitrogens is 4. The van der Waals surface area contributed by atoms with Gasteiger partial charge in [0.1, 0.15) is 6.54 Å². The van der Waals surface area contributed by atoms with Gasteiger partial charge in [-0.3, -0.25) is 4.79 Å². The number of nitrogens with zero attached hydrogens (tertiary/aromatic N) is 5. The molecule has 0 spiro atoms. The monoisotopic (exact) mass is 297 g/mol. The molecule has 3 heterocycles. The van der Waals surface area contributed by atoms with E-state index in [9.17, 15) is 4.79 Å². The number of para-hydroxylation sites is 2. The van der Waals surface area contributed by atoms with Crippen LogP contribution < -0.4 is 0 Å². The number of amides is 1. The zero-order chi connectivity index (χ0) is 15.1. The molecular formula is C15H15N5O2. The minimum absolute atomic E-state index is 0.0793. The largest absolute Gasteiger partial charge is 0.339 e. The number of rotatable bonds is 3. The van der Waals surface area contributed by atoms with E-state index in [4.69, 9.17) is 4.52 Å². The second kappa shape index (κ2) is 4.94. The summed E-state index contributed by atoms with van der Waals surface area (Å²) in [5.74, 6) is 1.49. The molecule has 1 fully saturated rings. The Morgan fingerprint density at radius 3 is 2.95 bits per heavy atom. The van der Waals surface area contributed by atoms with Crippen molar-refractivity contribution in [2.75, 3.05) is 13.1 Å². The Morgan fingerprint density at radius 1 is 1.36 bits per heavy atom. The minimum Gasteiger partial charge on any atom is -0.339 e. The van der Waals surface area contributed by atoms with Gasteiger partial charge in [-0.1, -0.05) is 17.3 Å². The van der Waals surface area contributed by atoms with Gasteiger partial charge < -0.3 is 14.0 Å². The second-order valence-electron chi connectivity index (χ2n) is 5.54. The molecule has 4 rings (SSSR count). The molecule has 0 radical (unpaired) electrons. The quantitative estimate of drug-likeness (QED) is 0.729. The normalized spacial score (nSPS) is 15.2. The van der Waals surface area contributed by atoms with Gasteiger partial charge in [0.2, 0.25) is 11.8 Å². The number of hydrogen-bond acceptors (Lipinski definition) is 5. The number of aryl methyl sites for hydroxylation is 1. The highest BCUT2D eigenvalue weighted by atomic mass is 16.5. The van der Waals surface area contributed by atoms with Crippen LogP contribution in [0.15, 0.2) is 35.1 Å². The molecule has 1 aliphatic heterocycles. The van der Waals surface area contributed by atoms with Crippen LogP contribution in [0.3, 0.4) is 0 Å². The highest BCUT2D eigenvalue weighted by Crippen LogP contribution is 2.26. The lowest BCUT2D eigenvalue weighted by molar-refractivity contribution is -0.136. The fourth-order valence-corrected chi connectivity index (χ4v) is 2.70. The van der Waals surface area contributed by atoms with Crippen molar-refractivity contribution in [3.8, 4) is 0 Å². The molecule has 1 amide bonds. The maximum atomic E-state index is 12.3. The minimum atomic E-state index is 0.0793. The highest BCUT2D eigenvalue weighted by Gasteiger charge is 2.35. The van der Waals surface area contributed by atoms with Crippen LogP contribution in [0.5, 0.6) is 0 Å². The molecule has 0 bridgehead atoms. The summed E-state index contributed by atoms with van der Waals surface area (Å²) in [4.78, 5) is 22.6. The third-order valence-corrected chi connectivity index (χ3v) is 3.96. The van der Waals surface area contributed by atoms with Gasteiger partial charge in [0, 0.05) is 13.1 Å². The number of carbonyl (C=O) groups excluding carboxylic acids is 1. The van der Waals surface area contributed by atoms with Crippen molar-refractivity contribution in [1.29, 1.82) is 0 Å². The summed E-state index contributed by atoms with van der Waals surface area (Å²) in [6, 6.07) is 7.79. The molecule has 1 aliphatic rings. The van der Waals surface area contributed by atoms with E-state index in [1.807, 2.05) is 28.8 Å². The van der Waals surface area contributed by atoms with E-state index < -0.39 is 0 Å². The first-order valence-corrected chi connectivity index (χ1v) is 7.18. The molecule has 0 saturated carbocycles. The molecule has 0 aliphatic carbocycles. The van der Waals surface area contributed by atoms with Crippen molar-refractivity contribution >= 4 is 16.9 Å². The second-order valence-corrected chi connectivity index (χ2v) is 5.54. The lowest BCUT2D eigenvalue weighted by atomic mass is 10.00. The Labute approximate surface area is 126 Å². The maximum Gasteiger partial charge on any atom is 0.242 e. The summed E-state index contributed by atoms with van der Waals surface area (Å²) in [5, 5.41) is 3.78. The summed E-state index contributed by atoms with van der Waals surface area (Å²) in [5.41, 5.74) is 1.87. The fraction of sp³-hybridized carbons (Fsp3) is 0.333. The average Bonchev–Trinajstić information content (AvgIpc) is 3.05. The zero-order valence-electron chi connectivity index (χ0n) is 12.1. The van der Waals surface area contributed by atoms with Crippen LogP contribution in [-0.4, -0.2) is 43.6 Å². The summed E-state index contributed by atoms with van der Waals surface area (Å²) in [6.45, 7) is 3.36. The van der Waals surface area contributed by atoms with Crippen LogP contribution in [-0.2, 0) is 11.3 Å². The summed E-state index contributed by atoms with van der Waals surface area (Å²) in [6.07, 6.45) is 1.71. The molecule has 0 N–H and O–H groups in total. The van der Waals surface area contributed by atoms with Crippen molar-refractivity contribution in [2.24, 2.45) is 0 Å². The van der Waals surface area contributed by atoms with Gasteiger partial charge in [-0.05, 0) is 19.1 Å². The van der Waals surface area contributed by atoms with Gasteiger partial charge in [-0.2, -0.15) is 4.98 Å². The SMILES string of the molecule is Cc1noc(C2CN(C(=O)Cn3cnc4ccccc43)C2)n1. The predicted molar refractivity (Wildman–Crippen MR) is 78.1 cm³/mol. The predicted octanol–water partition coefficient (Wildman–Crippen LogP) is 1.35. The van der Waals surface area contributed by atoms with E-state index in [0.29, 0.717) is 31.3 Å². The number of carbonyl (C=O) groups is 1. The van der Waals surface area contributed by atoms with Gasteiger partial charge in [0.05, 0.1) is 23.3 Å². The lowest BCUT2D eigenvalue weighted by Crippen LogP contribution is -2.49. The highest BCUT2D eigenvalue weighted by molar-refractivity contribution is 5.81. The van der Waals surface area contributed by atoms with Crippen LogP contribution in [0, 0.1) is 6.92 Å². The first kappa shape index (κ1) is 13.0. The molecule has 22 heavy (non-hydrogen) atoms. The third kappa shape index (κ3) is 2.14.